The van der Waals surface area contributed by atoms with E-state index in [0.29, 0.717) is 0 Å². The molecule has 0 saturated carbocycles. The molecule has 0 bridgehead atoms. The summed E-state index contributed by atoms with van der Waals surface area (Å²) in [7, 11) is 0. The van der Waals surface area contributed by atoms with Crippen molar-refractivity contribution in [3.63, 3.8) is 0 Å². The Hall–Kier alpha value is -0.780. The Balaban J connectivity index is 2.53. The fourth-order valence-electron chi connectivity index (χ4n) is 0.986. The third-order valence-electron chi connectivity index (χ3n) is 1.59. The number of hydrogen-bond donors (Lipinski definition) is 1. The molecule has 1 rings (SSSR count). The molecule has 1 aromatic heterocycles. The molecule has 1 aromatic rings. The molecule has 0 radical (unpaired) electrons. The number of nitrogens with one attached hydrogen (secondary N) is 1. The average molecular weight is 179 g/mol. The van der Waals surface area contributed by atoms with Crippen LogP contribution in [-0.2, 0) is 0 Å². The van der Waals surface area contributed by atoms with Gasteiger partial charge in [-0.3, -0.25) is 5.32 Å². The van der Waals surface area contributed by atoms with Gasteiger partial charge in [-0.15, -0.1) is 17.8 Å². The molecule has 2 heteroatoms. The molecule has 12 heavy (non-hydrogen) atoms. The van der Waals surface area contributed by atoms with Gasteiger partial charge in [0.25, 0.3) is 0 Å². The highest BCUT2D eigenvalue weighted by Crippen LogP contribution is 2.17. The molecule has 0 saturated heterocycles. The maximum absolute atomic E-state index is 5.40. The Bertz CT molecular complexity index is 245. The van der Waals surface area contributed by atoms with Gasteiger partial charge in [0, 0.05) is 4.88 Å². The summed E-state index contributed by atoms with van der Waals surface area (Å²) in [4.78, 5) is 1.23. The molecule has 1 N–H and O–H groups in total. The normalized spacial score (nSPS) is 12.3. The molecule has 1 heterocycles. The van der Waals surface area contributed by atoms with Crippen LogP contribution in [0.5, 0.6) is 0 Å². The minimum absolute atomic E-state index is 0.102. The SMILES string of the molecule is C#CC(NCCC)c1cccs1. The van der Waals surface area contributed by atoms with Crippen LogP contribution in [0.2, 0.25) is 0 Å². The quantitative estimate of drug-likeness (QED) is 0.700. The van der Waals surface area contributed by atoms with Gasteiger partial charge in [-0.2, -0.15) is 0 Å². The molecule has 1 atom stereocenters. The molecule has 1 nitrogen and oxygen atoms in total. The summed E-state index contributed by atoms with van der Waals surface area (Å²) in [6.45, 7) is 3.11. The third kappa shape index (κ3) is 2.37. The summed E-state index contributed by atoms with van der Waals surface area (Å²) in [5.41, 5.74) is 0. The van der Waals surface area contributed by atoms with Gasteiger partial charge in [0.15, 0.2) is 0 Å². The van der Waals surface area contributed by atoms with Crippen molar-refractivity contribution in [2.75, 3.05) is 6.54 Å². The average Bonchev–Trinajstić information content (AvgIpc) is 2.59. The minimum Gasteiger partial charge on any atom is -0.299 e. The summed E-state index contributed by atoms with van der Waals surface area (Å²) >= 11 is 1.70. The van der Waals surface area contributed by atoms with Crippen molar-refractivity contribution in [3.05, 3.63) is 22.4 Å². The van der Waals surface area contributed by atoms with Gasteiger partial charge in [-0.05, 0) is 24.4 Å². The van der Waals surface area contributed by atoms with E-state index in [2.05, 4.69) is 24.2 Å². The van der Waals surface area contributed by atoms with Gasteiger partial charge in [0.2, 0.25) is 0 Å². The first-order valence-corrected chi connectivity index (χ1v) is 4.99. The second-order valence-corrected chi connectivity index (χ2v) is 3.55. The molecule has 64 valence electrons. The second-order valence-electron chi connectivity index (χ2n) is 2.57. The molecule has 0 aliphatic carbocycles. The summed E-state index contributed by atoms with van der Waals surface area (Å²) in [5.74, 6) is 2.74. The van der Waals surface area contributed by atoms with E-state index >= 15 is 0 Å². The van der Waals surface area contributed by atoms with Gasteiger partial charge in [-0.1, -0.05) is 18.9 Å². The Morgan fingerprint density at radius 1 is 1.75 bits per heavy atom. The first kappa shape index (κ1) is 9.31. The van der Waals surface area contributed by atoms with Crippen molar-refractivity contribution < 1.29 is 0 Å². The zero-order valence-corrected chi connectivity index (χ0v) is 8.03. The van der Waals surface area contributed by atoms with Crippen LogP contribution in [0.25, 0.3) is 0 Å². The van der Waals surface area contributed by atoms with Crippen molar-refractivity contribution in [1.82, 2.24) is 5.32 Å². The van der Waals surface area contributed by atoms with Crippen LogP contribution in [0.15, 0.2) is 17.5 Å². The first-order chi connectivity index (χ1) is 5.88. The number of rotatable bonds is 4. The number of hydrogen-bond acceptors (Lipinski definition) is 2. The summed E-state index contributed by atoms with van der Waals surface area (Å²) in [6.07, 6.45) is 6.51. The van der Waals surface area contributed by atoms with E-state index in [-0.39, 0.29) is 6.04 Å². The Kier molecular flexibility index (Phi) is 3.86. The zero-order valence-electron chi connectivity index (χ0n) is 7.21. The molecule has 0 fully saturated rings. The monoisotopic (exact) mass is 179 g/mol. The van der Waals surface area contributed by atoms with Crippen LogP contribution in [0.4, 0.5) is 0 Å². The van der Waals surface area contributed by atoms with E-state index in [1.54, 1.807) is 11.3 Å². The standard InChI is InChI=1S/C10H13NS/c1-3-7-11-9(4-2)10-6-5-8-12-10/h2,5-6,8-9,11H,3,7H2,1H3. The summed E-state index contributed by atoms with van der Waals surface area (Å²) in [6, 6.07) is 4.19. The van der Waals surface area contributed by atoms with Crippen LogP contribution >= 0.6 is 11.3 Å². The lowest BCUT2D eigenvalue weighted by Crippen LogP contribution is -2.19. The van der Waals surface area contributed by atoms with E-state index in [0.717, 1.165) is 13.0 Å². The van der Waals surface area contributed by atoms with Crippen LogP contribution in [0.1, 0.15) is 24.3 Å². The molecular formula is C10H13NS. The predicted molar refractivity (Wildman–Crippen MR) is 54.2 cm³/mol. The van der Waals surface area contributed by atoms with Crippen LogP contribution in [0, 0.1) is 12.3 Å². The van der Waals surface area contributed by atoms with Gasteiger partial charge in [-0.25, -0.2) is 0 Å². The van der Waals surface area contributed by atoms with Crippen molar-refractivity contribution in [1.29, 1.82) is 0 Å². The maximum atomic E-state index is 5.40. The van der Waals surface area contributed by atoms with Crippen molar-refractivity contribution in [3.8, 4) is 12.3 Å². The largest absolute Gasteiger partial charge is 0.299 e. The van der Waals surface area contributed by atoms with Gasteiger partial charge in [0.1, 0.15) is 6.04 Å². The summed E-state index contributed by atoms with van der Waals surface area (Å²) in [5, 5.41) is 5.34. The van der Waals surface area contributed by atoms with Crippen LogP contribution in [0.3, 0.4) is 0 Å². The smallest absolute Gasteiger partial charge is 0.104 e. The van der Waals surface area contributed by atoms with Gasteiger partial charge in [0.05, 0.1) is 0 Å². The van der Waals surface area contributed by atoms with E-state index in [4.69, 9.17) is 6.42 Å². The van der Waals surface area contributed by atoms with Crippen molar-refractivity contribution in [2.24, 2.45) is 0 Å². The molecule has 1 unspecified atom stereocenters. The van der Waals surface area contributed by atoms with E-state index in [1.165, 1.54) is 4.88 Å². The molecule has 0 spiro atoms. The van der Waals surface area contributed by atoms with Crippen molar-refractivity contribution >= 4 is 11.3 Å². The van der Waals surface area contributed by atoms with E-state index < -0.39 is 0 Å². The molecule has 0 aliphatic rings. The Labute approximate surface area is 77.8 Å². The fourth-order valence-corrected chi connectivity index (χ4v) is 1.74. The number of thiophene rings is 1. The molecule has 0 aromatic carbocycles. The molecule has 0 amide bonds. The lowest BCUT2D eigenvalue weighted by atomic mass is 10.2. The predicted octanol–water partition coefficient (Wildman–Crippen LogP) is 2.42. The lowest BCUT2D eigenvalue weighted by molar-refractivity contribution is 0.633. The highest BCUT2D eigenvalue weighted by atomic mass is 32.1. The van der Waals surface area contributed by atoms with Crippen LogP contribution in [-0.4, -0.2) is 6.54 Å². The van der Waals surface area contributed by atoms with Gasteiger partial charge < -0.3 is 0 Å². The first-order valence-electron chi connectivity index (χ1n) is 4.11. The highest BCUT2D eigenvalue weighted by molar-refractivity contribution is 7.10. The second kappa shape index (κ2) is 4.97. The lowest BCUT2D eigenvalue weighted by Gasteiger charge is -2.09. The van der Waals surface area contributed by atoms with Crippen LogP contribution < -0.4 is 5.32 Å². The molecule has 0 aliphatic heterocycles. The fraction of sp³-hybridized carbons (Fsp3) is 0.400. The van der Waals surface area contributed by atoms with Gasteiger partial charge >= 0.3 is 0 Å². The number of terminal acetylenes is 1. The maximum Gasteiger partial charge on any atom is 0.104 e. The molecular weight excluding hydrogens is 166 g/mol. The Morgan fingerprint density at radius 2 is 2.58 bits per heavy atom. The third-order valence-corrected chi connectivity index (χ3v) is 2.53. The topological polar surface area (TPSA) is 12.0 Å². The Morgan fingerprint density at radius 3 is 3.08 bits per heavy atom. The summed E-state index contributed by atoms with van der Waals surface area (Å²) < 4.78 is 0. The van der Waals surface area contributed by atoms with E-state index in [9.17, 15) is 0 Å². The minimum atomic E-state index is 0.102. The van der Waals surface area contributed by atoms with Crippen molar-refractivity contribution in [2.45, 2.75) is 19.4 Å². The zero-order chi connectivity index (χ0) is 8.81. The van der Waals surface area contributed by atoms with E-state index in [1.807, 2.05) is 11.4 Å². The highest BCUT2D eigenvalue weighted by Gasteiger charge is 2.06.